The number of benzene rings is 1. The number of carbonyl (C=O) groups is 1. The van der Waals surface area contributed by atoms with Gasteiger partial charge in [-0.05, 0) is 6.07 Å². The normalized spacial score (nSPS) is 10.1. The molecular formula is C11H9N3O. The Hall–Kier alpha value is -2.28. The van der Waals surface area contributed by atoms with Gasteiger partial charge < -0.3 is 10.7 Å². The van der Waals surface area contributed by atoms with E-state index in [9.17, 15) is 4.79 Å². The number of aromatic nitrogens is 1. The van der Waals surface area contributed by atoms with Crippen LogP contribution in [0.3, 0.4) is 0 Å². The first-order chi connectivity index (χ1) is 7.24. The van der Waals surface area contributed by atoms with Crippen LogP contribution in [-0.2, 0) is 6.42 Å². The lowest BCUT2D eigenvalue weighted by Crippen LogP contribution is -2.13. The van der Waals surface area contributed by atoms with E-state index in [1.165, 1.54) is 0 Å². The lowest BCUT2D eigenvalue weighted by molar-refractivity contribution is 0.0995. The van der Waals surface area contributed by atoms with Crippen molar-refractivity contribution >= 4 is 16.8 Å². The van der Waals surface area contributed by atoms with Crippen molar-refractivity contribution in [1.29, 1.82) is 5.26 Å². The van der Waals surface area contributed by atoms with Crippen molar-refractivity contribution in [3.8, 4) is 6.07 Å². The van der Waals surface area contributed by atoms with Crippen LogP contribution >= 0.6 is 0 Å². The highest BCUT2D eigenvalue weighted by atomic mass is 16.1. The molecule has 0 saturated carbocycles. The summed E-state index contributed by atoms with van der Waals surface area (Å²) in [5.74, 6) is -0.531. The number of H-pyrrole nitrogens is 1. The molecule has 0 bridgehead atoms. The first kappa shape index (κ1) is 9.28. The predicted octanol–water partition coefficient (Wildman–Crippen LogP) is 1.33. The number of rotatable bonds is 2. The van der Waals surface area contributed by atoms with Gasteiger partial charge in [0.2, 0.25) is 0 Å². The molecule has 0 unspecified atom stereocenters. The number of nitrogens with one attached hydrogen (secondary N) is 1. The Bertz CT molecular complexity index is 563. The summed E-state index contributed by atoms with van der Waals surface area (Å²) in [5.41, 5.74) is 7.07. The molecule has 0 aliphatic rings. The summed E-state index contributed by atoms with van der Waals surface area (Å²) in [5, 5.41) is 9.57. The molecule has 1 aromatic carbocycles. The van der Waals surface area contributed by atoms with Gasteiger partial charge in [0, 0.05) is 16.5 Å². The second kappa shape index (κ2) is 3.46. The van der Waals surface area contributed by atoms with Gasteiger partial charge >= 0.3 is 0 Å². The first-order valence-corrected chi connectivity index (χ1v) is 4.50. The molecule has 0 atom stereocenters. The summed E-state index contributed by atoms with van der Waals surface area (Å²) in [6.07, 6.45) is 0.183. The van der Waals surface area contributed by atoms with Crippen molar-refractivity contribution in [1.82, 2.24) is 4.98 Å². The predicted molar refractivity (Wildman–Crippen MR) is 56.1 cm³/mol. The van der Waals surface area contributed by atoms with Crippen LogP contribution in [-0.4, -0.2) is 10.9 Å². The van der Waals surface area contributed by atoms with E-state index in [2.05, 4.69) is 4.98 Å². The Labute approximate surface area is 86.3 Å². The van der Waals surface area contributed by atoms with Crippen LogP contribution in [0.25, 0.3) is 10.9 Å². The van der Waals surface area contributed by atoms with Gasteiger partial charge in [-0.25, -0.2) is 0 Å². The monoisotopic (exact) mass is 199 g/mol. The summed E-state index contributed by atoms with van der Waals surface area (Å²) in [6.45, 7) is 0. The number of aromatic amines is 1. The highest BCUT2D eigenvalue weighted by Gasteiger charge is 2.14. The molecule has 1 aromatic heterocycles. The number of para-hydroxylation sites is 1. The van der Waals surface area contributed by atoms with Gasteiger partial charge in [0.1, 0.15) is 5.69 Å². The van der Waals surface area contributed by atoms with Gasteiger partial charge in [0.15, 0.2) is 0 Å². The van der Waals surface area contributed by atoms with Crippen LogP contribution in [0.5, 0.6) is 0 Å². The number of nitriles is 1. The molecule has 2 rings (SSSR count). The fraction of sp³-hybridized carbons (Fsp3) is 0.0909. The Kier molecular flexibility index (Phi) is 2.14. The molecule has 0 aliphatic carbocycles. The van der Waals surface area contributed by atoms with Gasteiger partial charge in [-0.3, -0.25) is 4.79 Å². The Morgan fingerprint density at radius 3 is 2.87 bits per heavy atom. The number of nitrogens with zero attached hydrogens (tertiary/aromatic N) is 1. The summed E-state index contributed by atoms with van der Waals surface area (Å²) in [4.78, 5) is 14.1. The zero-order chi connectivity index (χ0) is 10.8. The lowest BCUT2D eigenvalue weighted by Gasteiger charge is -1.94. The quantitative estimate of drug-likeness (QED) is 0.764. The van der Waals surface area contributed by atoms with Crippen molar-refractivity contribution in [2.24, 2.45) is 5.73 Å². The van der Waals surface area contributed by atoms with E-state index in [1.54, 1.807) is 0 Å². The summed E-state index contributed by atoms with van der Waals surface area (Å²) >= 11 is 0. The number of primary amides is 1. The highest BCUT2D eigenvalue weighted by molar-refractivity contribution is 6.00. The number of carbonyl (C=O) groups excluding carboxylic acids is 1. The second-order valence-corrected chi connectivity index (χ2v) is 3.22. The molecular weight excluding hydrogens is 190 g/mol. The van der Waals surface area contributed by atoms with E-state index in [4.69, 9.17) is 11.0 Å². The standard InChI is InChI=1S/C11H9N3O/c12-6-5-8-7-3-1-2-4-9(7)14-10(8)11(13)15/h1-4,14H,5H2,(H2,13,15). The third kappa shape index (κ3) is 1.44. The van der Waals surface area contributed by atoms with E-state index in [1.807, 2.05) is 30.3 Å². The smallest absolute Gasteiger partial charge is 0.265 e. The van der Waals surface area contributed by atoms with Gasteiger partial charge in [0.25, 0.3) is 5.91 Å². The van der Waals surface area contributed by atoms with Gasteiger partial charge in [-0.2, -0.15) is 5.26 Å². The van der Waals surface area contributed by atoms with E-state index in [0.29, 0.717) is 11.3 Å². The molecule has 2 aromatic rings. The molecule has 0 fully saturated rings. The number of hydrogen-bond donors (Lipinski definition) is 2. The minimum atomic E-state index is -0.531. The summed E-state index contributed by atoms with van der Waals surface area (Å²) < 4.78 is 0. The number of hydrogen-bond acceptors (Lipinski definition) is 2. The maximum atomic E-state index is 11.1. The molecule has 0 spiro atoms. The highest BCUT2D eigenvalue weighted by Crippen LogP contribution is 2.22. The SMILES string of the molecule is N#CCc1c(C(N)=O)[nH]c2ccccc12. The fourth-order valence-corrected chi connectivity index (χ4v) is 1.67. The molecule has 15 heavy (non-hydrogen) atoms. The Balaban J connectivity index is 2.75. The van der Waals surface area contributed by atoms with Crippen LogP contribution in [0.4, 0.5) is 0 Å². The minimum absolute atomic E-state index is 0.183. The van der Waals surface area contributed by atoms with E-state index in [-0.39, 0.29) is 6.42 Å². The zero-order valence-electron chi connectivity index (χ0n) is 7.95. The van der Waals surface area contributed by atoms with Gasteiger partial charge in [-0.1, -0.05) is 18.2 Å². The topological polar surface area (TPSA) is 82.7 Å². The maximum absolute atomic E-state index is 11.1. The van der Waals surface area contributed by atoms with Crippen LogP contribution in [0.15, 0.2) is 24.3 Å². The van der Waals surface area contributed by atoms with Crippen LogP contribution in [0.1, 0.15) is 16.1 Å². The summed E-state index contributed by atoms with van der Waals surface area (Å²) in [7, 11) is 0. The average Bonchev–Trinajstić information content (AvgIpc) is 2.58. The second-order valence-electron chi connectivity index (χ2n) is 3.22. The largest absolute Gasteiger partial charge is 0.364 e. The minimum Gasteiger partial charge on any atom is -0.364 e. The molecule has 4 nitrogen and oxygen atoms in total. The van der Waals surface area contributed by atoms with Crippen LogP contribution in [0.2, 0.25) is 0 Å². The molecule has 3 N–H and O–H groups in total. The summed E-state index contributed by atoms with van der Waals surface area (Å²) in [6, 6.07) is 9.47. The first-order valence-electron chi connectivity index (χ1n) is 4.50. The third-order valence-corrected chi connectivity index (χ3v) is 2.32. The van der Waals surface area contributed by atoms with Crippen molar-refractivity contribution in [2.45, 2.75) is 6.42 Å². The third-order valence-electron chi connectivity index (χ3n) is 2.32. The Morgan fingerprint density at radius 1 is 1.47 bits per heavy atom. The molecule has 0 saturated heterocycles. The molecule has 1 amide bonds. The Morgan fingerprint density at radius 2 is 2.20 bits per heavy atom. The van der Waals surface area contributed by atoms with Crippen molar-refractivity contribution < 1.29 is 4.79 Å². The van der Waals surface area contributed by atoms with E-state index in [0.717, 1.165) is 10.9 Å². The van der Waals surface area contributed by atoms with E-state index >= 15 is 0 Å². The zero-order valence-corrected chi connectivity index (χ0v) is 7.95. The molecule has 0 aliphatic heterocycles. The molecule has 1 heterocycles. The number of amides is 1. The van der Waals surface area contributed by atoms with Crippen molar-refractivity contribution in [2.75, 3.05) is 0 Å². The maximum Gasteiger partial charge on any atom is 0.265 e. The fourth-order valence-electron chi connectivity index (χ4n) is 1.67. The van der Waals surface area contributed by atoms with Crippen molar-refractivity contribution in [3.63, 3.8) is 0 Å². The van der Waals surface area contributed by atoms with E-state index < -0.39 is 5.91 Å². The van der Waals surface area contributed by atoms with Gasteiger partial charge in [-0.15, -0.1) is 0 Å². The van der Waals surface area contributed by atoms with Crippen LogP contribution < -0.4 is 5.73 Å². The number of nitrogens with two attached hydrogens (primary N) is 1. The lowest BCUT2D eigenvalue weighted by atomic mass is 10.1. The average molecular weight is 199 g/mol. The molecule has 0 radical (unpaired) electrons. The van der Waals surface area contributed by atoms with Crippen LogP contribution in [0, 0.1) is 11.3 Å². The molecule has 74 valence electrons. The van der Waals surface area contributed by atoms with Crippen molar-refractivity contribution in [3.05, 3.63) is 35.5 Å². The van der Waals surface area contributed by atoms with Gasteiger partial charge in [0.05, 0.1) is 12.5 Å². The molecule has 4 heteroatoms. The number of fused-ring (bicyclic) bond motifs is 1.